The van der Waals surface area contributed by atoms with Gasteiger partial charge in [-0.3, -0.25) is 0 Å². The monoisotopic (exact) mass is 350 g/mol. The second kappa shape index (κ2) is 8.49. The van der Waals surface area contributed by atoms with E-state index in [2.05, 4.69) is 38.6 Å². The molecule has 0 aliphatic carbocycles. The van der Waals surface area contributed by atoms with Crippen LogP contribution in [0, 0.1) is 0 Å². The Kier molecular flexibility index (Phi) is 7.23. The van der Waals surface area contributed by atoms with Gasteiger partial charge in [0.25, 0.3) is 0 Å². The van der Waals surface area contributed by atoms with Crippen LogP contribution in [0.1, 0.15) is 33.3 Å². The highest BCUT2D eigenvalue weighted by Crippen LogP contribution is 2.36. The van der Waals surface area contributed by atoms with Crippen molar-refractivity contribution in [2.75, 3.05) is 13.7 Å². The minimum atomic E-state index is -1.79. The quantitative estimate of drug-likeness (QED) is 0.407. The number of methoxy groups -OCH3 is 1. The summed E-state index contributed by atoms with van der Waals surface area (Å²) in [6, 6.07) is 7.60. The summed E-state index contributed by atoms with van der Waals surface area (Å²) in [5.41, 5.74) is 0.835. The highest BCUT2D eigenvalue weighted by Gasteiger charge is 2.37. The summed E-state index contributed by atoms with van der Waals surface area (Å²) in [5.74, 6) is 0.336. The molecule has 0 amide bonds. The van der Waals surface area contributed by atoms with Gasteiger partial charge in [0.15, 0.2) is 8.32 Å². The molecule has 1 rings (SSSR count). The van der Waals surface area contributed by atoms with Crippen LogP contribution >= 0.6 is 0 Å². The highest BCUT2D eigenvalue weighted by atomic mass is 28.4. The molecule has 1 aromatic rings. The Labute approximate surface area is 146 Å². The maximum absolute atomic E-state index is 11.3. The fraction of sp³-hybridized carbons (Fsp3) is 0.526. The van der Waals surface area contributed by atoms with Gasteiger partial charge < -0.3 is 13.9 Å². The molecule has 0 aromatic heterocycles. The fourth-order valence-corrected chi connectivity index (χ4v) is 2.83. The van der Waals surface area contributed by atoms with Gasteiger partial charge in [0, 0.05) is 11.6 Å². The molecule has 134 valence electrons. The zero-order valence-corrected chi connectivity index (χ0v) is 16.9. The molecule has 0 unspecified atom stereocenters. The van der Waals surface area contributed by atoms with Crippen LogP contribution in [-0.4, -0.2) is 34.1 Å². The second-order valence-corrected chi connectivity index (χ2v) is 12.2. The largest absolute Gasteiger partial charge is 0.488 e. The first-order valence-electron chi connectivity index (χ1n) is 8.22. The molecule has 1 aromatic carbocycles. The van der Waals surface area contributed by atoms with E-state index in [4.69, 9.17) is 9.16 Å². The molecule has 1 atom stereocenters. The summed E-state index contributed by atoms with van der Waals surface area (Å²) in [7, 11) is -0.432. The third-order valence-electron chi connectivity index (χ3n) is 4.33. The Morgan fingerprint density at radius 2 is 1.88 bits per heavy atom. The topological polar surface area (TPSA) is 44.8 Å². The molecule has 0 aliphatic heterocycles. The molecular formula is C19H30O4Si. The predicted octanol–water partition coefficient (Wildman–Crippen LogP) is 4.66. The average Bonchev–Trinajstić information content (AvgIpc) is 2.50. The van der Waals surface area contributed by atoms with Crippen molar-refractivity contribution in [1.29, 1.82) is 0 Å². The van der Waals surface area contributed by atoms with E-state index in [-0.39, 0.29) is 17.1 Å². The van der Waals surface area contributed by atoms with Gasteiger partial charge in [0.05, 0.1) is 13.7 Å². The normalized spacial score (nSPS) is 13.8. The van der Waals surface area contributed by atoms with Gasteiger partial charge in [-0.15, -0.1) is 0 Å². The molecule has 0 bridgehead atoms. The first-order valence-corrected chi connectivity index (χ1v) is 11.1. The lowest BCUT2D eigenvalue weighted by Gasteiger charge is -2.37. The zero-order valence-electron chi connectivity index (χ0n) is 15.9. The van der Waals surface area contributed by atoms with Gasteiger partial charge in [-0.05, 0) is 37.2 Å². The Morgan fingerprint density at radius 3 is 2.46 bits per heavy atom. The Bertz CT molecular complexity index is 573. The molecule has 0 heterocycles. The fourth-order valence-electron chi connectivity index (χ4n) is 1.74. The molecule has 0 saturated carbocycles. The van der Waals surface area contributed by atoms with Crippen molar-refractivity contribution in [1.82, 2.24) is 0 Å². The molecule has 0 saturated heterocycles. The van der Waals surface area contributed by atoms with E-state index < -0.39 is 8.32 Å². The summed E-state index contributed by atoms with van der Waals surface area (Å²) in [6.07, 6.45) is 3.01. The molecule has 24 heavy (non-hydrogen) atoms. The lowest BCUT2D eigenvalue weighted by atomic mass is 10.2. The standard InChI is InChI=1S/C19H30O4Si/c1-15(14-22-24(6,7)19(2,3)4)23-17-11-9-8-10-16(17)12-13-18(20)21-5/h8-13,15H,14H2,1-7H3/t15-/m1/s1. The van der Waals surface area contributed by atoms with Gasteiger partial charge in [0.2, 0.25) is 0 Å². The van der Waals surface area contributed by atoms with Crippen molar-refractivity contribution in [2.45, 2.75) is 51.9 Å². The number of hydrogen-bond acceptors (Lipinski definition) is 4. The van der Waals surface area contributed by atoms with E-state index >= 15 is 0 Å². The van der Waals surface area contributed by atoms with E-state index in [9.17, 15) is 4.79 Å². The van der Waals surface area contributed by atoms with Crippen molar-refractivity contribution >= 4 is 20.4 Å². The molecule has 0 spiro atoms. The lowest BCUT2D eigenvalue weighted by Crippen LogP contribution is -2.43. The first kappa shape index (κ1) is 20.5. The van der Waals surface area contributed by atoms with E-state index in [0.29, 0.717) is 6.61 Å². The molecule has 5 heteroatoms. The molecule has 0 fully saturated rings. The van der Waals surface area contributed by atoms with E-state index in [1.807, 2.05) is 31.2 Å². The van der Waals surface area contributed by atoms with Crippen LogP contribution in [0.5, 0.6) is 5.75 Å². The van der Waals surface area contributed by atoms with Crippen LogP contribution < -0.4 is 4.74 Å². The van der Waals surface area contributed by atoms with Crippen LogP contribution in [0.2, 0.25) is 18.1 Å². The smallest absolute Gasteiger partial charge is 0.330 e. The van der Waals surface area contributed by atoms with E-state index in [1.54, 1.807) is 6.08 Å². The summed E-state index contributed by atoms with van der Waals surface area (Å²) in [6.45, 7) is 13.7. The maximum Gasteiger partial charge on any atom is 0.330 e. The number of benzene rings is 1. The number of rotatable bonds is 7. The number of para-hydroxylation sites is 1. The van der Waals surface area contributed by atoms with Crippen molar-refractivity contribution in [2.24, 2.45) is 0 Å². The van der Waals surface area contributed by atoms with Gasteiger partial charge in [0.1, 0.15) is 11.9 Å². The minimum absolute atomic E-state index is 0.0770. The average molecular weight is 351 g/mol. The van der Waals surface area contributed by atoms with Crippen molar-refractivity contribution in [3.05, 3.63) is 35.9 Å². The Hall–Kier alpha value is -1.59. The van der Waals surface area contributed by atoms with Crippen LogP contribution in [0.25, 0.3) is 6.08 Å². The van der Waals surface area contributed by atoms with E-state index in [1.165, 1.54) is 13.2 Å². The van der Waals surface area contributed by atoms with Crippen molar-refractivity contribution in [3.8, 4) is 5.75 Å². The minimum Gasteiger partial charge on any atom is -0.488 e. The van der Waals surface area contributed by atoms with Crippen molar-refractivity contribution in [3.63, 3.8) is 0 Å². The van der Waals surface area contributed by atoms with Gasteiger partial charge >= 0.3 is 5.97 Å². The van der Waals surface area contributed by atoms with E-state index in [0.717, 1.165) is 11.3 Å². The SMILES string of the molecule is COC(=O)C=Cc1ccccc1O[C@H](C)CO[Si](C)(C)C(C)(C)C. The first-order chi connectivity index (χ1) is 11.1. The van der Waals surface area contributed by atoms with Gasteiger partial charge in [-0.25, -0.2) is 4.79 Å². The van der Waals surface area contributed by atoms with Crippen molar-refractivity contribution < 1.29 is 18.7 Å². The van der Waals surface area contributed by atoms with Crippen LogP contribution in [0.4, 0.5) is 0 Å². The van der Waals surface area contributed by atoms with Crippen LogP contribution in [0.15, 0.2) is 30.3 Å². The Balaban J connectivity index is 2.73. The number of ether oxygens (including phenoxy) is 2. The summed E-state index contributed by atoms with van der Waals surface area (Å²) >= 11 is 0. The van der Waals surface area contributed by atoms with Crippen LogP contribution in [0.3, 0.4) is 0 Å². The highest BCUT2D eigenvalue weighted by molar-refractivity contribution is 6.74. The second-order valence-electron chi connectivity index (χ2n) is 7.39. The third kappa shape index (κ3) is 6.13. The number of hydrogen-bond donors (Lipinski definition) is 0. The molecule has 0 radical (unpaired) electrons. The number of carbonyl (C=O) groups excluding carboxylic acids is 1. The zero-order chi connectivity index (χ0) is 18.4. The molecule has 0 aliphatic rings. The molecular weight excluding hydrogens is 320 g/mol. The maximum atomic E-state index is 11.3. The van der Waals surface area contributed by atoms with Crippen LogP contribution in [-0.2, 0) is 14.0 Å². The number of carbonyl (C=O) groups is 1. The third-order valence-corrected chi connectivity index (χ3v) is 8.83. The number of esters is 1. The lowest BCUT2D eigenvalue weighted by molar-refractivity contribution is -0.134. The summed E-state index contributed by atoms with van der Waals surface area (Å²) in [5, 5.41) is 0.174. The Morgan fingerprint density at radius 1 is 1.25 bits per heavy atom. The predicted molar refractivity (Wildman–Crippen MR) is 101 cm³/mol. The summed E-state index contributed by atoms with van der Waals surface area (Å²) < 4.78 is 16.8. The molecule has 0 N–H and O–H groups in total. The van der Waals surface area contributed by atoms with Gasteiger partial charge in [-0.2, -0.15) is 0 Å². The molecule has 4 nitrogen and oxygen atoms in total. The van der Waals surface area contributed by atoms with Gasteiger partial charge in [-0.1, -0.05) is 39.0 Å². The summed E-state index contributed by atoms with van der Waals surface area (Å²) in [4.78, 5) is 11.3.